The van der Waals surface area contributed by atoms with Gasteiger partial charge in [-0.05, 0) is 30.6 Å². The minimum Gasteiger partial charge on any atom is -0.328 e. The molecule has 0 unspecified atom stereocenters. The minimum atomic E-state index is -2.15. The molecule has 2 aliphatic carbocycles. The van der Waals surface area contributed by atoms with E-state index in [1.54, 1.807) is 0 Å². The van der Waals surface area contributed by atoms with Gasteiger partial charge in [0.2, 0.25) is 0 Å². The van der Waals surface area contributed by atoms with E-state index in [0.29, 0.717) is 6.61 Å². The topological polar surface area (TPSA) is 49.7 Å². The highest BCUT2D eigenvalue weighted by Crippen LogP contribution is 2.44. The number of hydrogen-bond donors (Lipinski definition) is 2. The average molecular weight is 359 g/mol. The van der Waals surface area contributed by atoms with Crippen LogP contribution in [-0.2, 0) is 4.52 Å². The normalized spacial score (nSPS) is 20.0. The molecular formula is C20H39O3P. The zero-order chi connectivity index (χ0) is 17.0. The molecule has 0 aromatic rings. The van der Waals surface area contributed by atoms with Crippen LogP contribution in [0.4, 0.5) is 0 Å². The molecule has 2 N–H and O–H groups in total. The molecule has 0 bridgehead atoms. The summed E-state index contributed by atoms with van der Waals surface area (Å²) in [4.78, 5) is 17.3. The molecule has 0 radical (unpaired) electrons. The fraction of sp³-hybridized carbons (Fsp3) is 1.00. The summed E-state index contributed by atoms with van der Waals surface area (Å²) in [5.41, 5.74) is 0. The Hall–Kier alpha value is 0.310. The molecule has 24 heavy (non-hydrogen) atoms. The zero-order valence-electron chi connectivity index (χ0n) is 15.5. The van der Waals surface area contributed by atoms with Gasteiger partial charge in [0.1, 0.15) is 0 Å². The van der Waals surface area contributed by atoms with Crippen molar-refractivity contribution in [1.82, 2.24) is 0 Å². The van der Waals surface area contributed by atoms with E-state index in [1.807, 2.05) is 0 Å². The molecule has 2 saturated carbocycles. The summed E-state index contributed by atoms with van der Waals surface area (Å²) >= 11 is 0. The Morgan fingerprint density at radius 2 is 1.17 bits per heavy atom. The summed E-state index contributed by atoms with van der Waals surface area (Å²) in [6.07, 6.45) is 22.5. The van der Waals surface area contributed by atoms with Crippen molar-refractivity contribution < 1.29 is 14.3 Å². The summed E-state index contributed by atoms with van der Waals surface area (Å²) in [6, 6.07) is 0. The largest absolute Gasteiger partial charge is 0.328 e. The van der Waals surface area contributed by atoms with Crippen LogP contribution in [0.15, 0.2) is 0 Å². The van der Waals surface area contributed by atoms with Gasteiger partial charge in [-0.2, -0.15) is 0 Å². The number of rotatable bonds is 13. The third-order valence-electron chi connectivity index (χ3n) is 6.40. The van der Waals surface area contributed by atoms with Crippen LogP contribution in [0.25, 0.3) is 0 Å². The quantitative estimate of drug-likeness (QED) is 0.299. The second-order valence-corrected chi connectivity index (χ2v) is 8.87. The van der Waals surface area contributed by atoms with Crippen LogP contribution in [0, 0.1) is 17.8 Å². The van der Waals surface area contributed by atoms with Crippen molar-refractivity contribution in [3.8, 4) is 0 Å². The van der Waals surface area contributed by atoms with E-state index in [9.17, 15) is 0 Å². The molecule has 142 valence electrons. The van der Waals surface area contributed by atoms with Gasteiger partial charge in [0.25, 0.3) is 0 Å². The van der Waals surface area contributed by atoms with Gasteiger partial charge < -0.3 is 14.3 Å². The van der Waals surface area contributed by atoms with Crippen molar-refractivity contribution in [2.24, 2.45) is 17.8 Å². The monoisotopic (exact) mass is 358 g/mol. The maximum absolute atomic E-state index is 8.65. The fourth-order valence-electron chi connectivity index (χ4n) is 5.14. The van der Waals surface area contributed by atoms with Crippen LogP contribution in [0.5, 0.6) is 0 Å². The molecule has 0 amide bonds. The molecule has 0 aromatic carbocycles. The zero-order valence-corrected chi connectivity index (χ0v) is 16.4. The van der Waals surface area contributed by atoms with E-state index in [4.69, 9.17) is 14.3 Å². The summed E-state index contributed by atoms with van der Waals surface area (Å²) in [5, 5.41) is 0. The molecular weight excluding hydrogens is 319 g/mol. The Morgan fingerprint density at radius 1 is 0.708 bits per heavy atom. The third kappa shape index (κ3) is 8.13. The molecule has 0 atom stereocenters. The van der Waals surface area contributed by atoms with E-state index < -0.39 is 8.60 Å². The molecule has 2 aliphatic rings. The summed E-state index contributed by atoms with van der Waals surface area (Å²) in [5.74, 6) is 3.19. The standard InChI is InChI=1S/C20H39O3P/c21-24(22)23-17-11-5-3-1-2-4-6-16-20(18-12-7-8-13-18)19-14-9-10-15-19/h18-22H,1-17H2. The maximum atomic E-state index is 8.65. The lowest BCUT2D eigenvalue weighted by atomic mass is 9.76. The van der Waals surface area contributed by atoms with Crippen LogP contribution in [-0.4, -0.2) is 16.4 Å². The van der Waals surface area contributed by atoms with Gasteiger partial charge in [0.15, 0.2) is 0 Å². The van der Waals surface area contributed by atoms with Gasteiger partial charge >= 0.3 is 8.60 Å². The van der Waals surface area contributed by atoms with Gasteiger partial charge in [-0.15, -0.1) is 0 Å². The SMILES string of the molecule is OP(O)OCCCCCCCCCC(C1CCCC1)C1CCCC1. The van der Waals surface area contributed by atoms with Crippen molar-refractivity contribution in [1.29, 1.82) is 0 Å². The molecule has 0 heterocycles. The van der Waals surface area contributed by atoms with Crippen LogP contribution >= 0.6 is 8.60 Å². The van der Waals surface area contributed by atoms with E-state index in [1.165, 1.54) is 89.9 Å². The highest BCUT2D eigenvalue weighted by Gasteiger charge is 2.32. The molecule has 0 spiro atoms. The summed E-state index contributed by atoms with van der Waals surface area (Å²) in [6.45, 7) is 0.489. The Balaban J connectivity index is 1.48. The van der Waals surface area contributed by atoms with Crippen LogP contribution in [0.2, 0.25) is 0 Å². The van der Waals surface area contributed by atoms with Crippen molar-refractivity contribution >= 4 is 8.60 Å². The first-order valence-corrected chi connectivity index (χ1v) is 11.7. The predicted octanol–water partition coefficient (Wildman–Crippen LogP) is 6.33. The van der Waals surface area contributed by atoms with E-state index in [2.05, 4.69) is 0 Å². The maximum Gasteiger partial charge on any atom is 0.327 e. The van der Waals surface area contributed by atoms with Crippen molar-refractivity contribution in [2.75, 3.05) is 6.61 Å². The first kappa shape index (κ1) is 20.6. The molecule has 2 rings (SSSR count). The number of hydrogen-bond acceptors (Lipinski definition) is 3. The molecule has 0 aromatic heterocycles. The molecule has 4 heteroatoms. The first-order valence-electron chi connectivity index (χ1n) is 10.6. The highest BCUT2D eigenvalue weighted by molar-refractivity contribution is 7.39. The molecule has 0 saturated heterocycles. The van der Waals surface area contributed by atoms with Gasteiger partial charge in [-0.3, -0.25) is 0 Å². The molecule has 2 fully saturated rings. The lowest BCUT2D eigenvalue weighted by molar-refractivity contribution is 0.210. The van der Waals surface area contributed by atoms with Gasteiger partial charge in [-0.25, -0.2) is 0 Å². The van der Waals surface area contributed by atoms with Crippen molar-refractivity contribution in [3.05, 3.63) is 0 Å². The predicted molar refractivity (Wildman–Crippen MR) is 102 cm³/mol. The lowest BCUT2D eigenvalue weighted by Crippen LogP contribution is -2.20. The van der Waals surface area contributed by atoms with Gasteiger partial charge in [0.05, 0.1) is 6.61 Å². The lowest BCUT2D eigenvalue weighted by Gasteiger charge is -2.29. The fourth-order valence-corrected chi connectivity index (χ4v) is 5.43. The average Bonchev–Trinajstić information content (AvgIpc) is 3.26. The number of unbranched alkanes of at least 4 members (excludes halogenated alkanes) is 6. The molecule has 0 aliphatic heterocycles. The highest BCUT2D eigenvalue weighted by atomic mass is 31.2. The van der Waals surface area contributed by atoms with Crippen LogP contribution in [0.3, 0.4) is 0 Å². The van der Waals surface area contributed by atoms with Crippen LogP contribution < -0.4 is 0 Å². The summed E-state index contributed by atoms with van der Waals surface area (Å²) < 4.78 is 4.79. The van der Waals surface area contributed by atoms with E-state index >= 15 is 0 Å². The Bertz CT molecular complexity index is 283. The second kappa shape index (κ2) is 12.6. The molecule has 3 nitrogen and oxygen atoms in total. The second-order valence-electron chi connectivity index (χ2n) is 8.10. The van der Waals surface area contributed by atoms with E-state index in [-0.39, 0.29) is 0 Å². The van der Waals surface area contributed by atoms with Gasteiger partial charge in [-0.1, -0.05) is 89.9 Å². The Morgan fingerprint density at radius 3 is 1.67 bits per heavy atom. The third-order valence-corrected chi connectivity index (χ3v) is 6.81. The smallest absolute Gasteiger partial charge is 0.327 e. The van der Waals surface area contributed by atoms with Crippen molar-refractivity contribution in [2.45, 2.75) is 103 Å². The Kier molecular flexibility index (Phi) is 10.9. The summed E-state index contributed by atoms with van der Waals surface area (Å²) in [7, 11) is -2.15. The van der Waals surface area contributed by atoms with Crippen molar-refractivity contribution in [3.63, 3.8) is 0 Å². The first-order chi connectivity index (χ1) is 11.8. The van der Waals surface area contributed by atoms with Crippen LogP contribution in [0.1, 0.15) is 103 Å². The Labute approximate surface area is 150 Å². The van der Waals surface area contributed by atoms with Gasteiger partial charge in [0, 0.05) is 0 Å². The minimum absolute atomic E-state index is 0.489. The van der Waals surface area contributed by atoms with E-state index in [0.717, 1.165) is 30.6 Å².